The van der Waals surface area contributed by atoms with Crippen LogP contribution in [0.15, 0.2) is 25.6 Å². The molecule has 0 radical (unpaired) electrons. The largest absolute Gasteiger partial charge is 0.378 e. The SMILES string of the molecule is Cc1nc(C)c(CNc2c(Br)cc(Br)cc2Br)s1. The Morgan fingerprint density at radius 1 is 1.17 bits per heavy atom. The molecule has 6 heteroatoms. The minimum Gasteiger partial charge on any atom is -0.378 e. The van der Waals surface area contributed by atoms with Crippen molar-refractivity contribution in [1.29, 1.82) is 0 Å². The number of thiazole rings is 1. The summed E-state index contributed by atoms with van der Waals surface area (Å²) in [5, 5.41) is 4.54. The number of nitrogens with one attached hydrogen (secondary N) is 1. The second-order valence-corrected chi connectivity index (χ2v) is 7.75. The van der Waals surface area contributed by atoms with Gasteiger partial charge in [-0.05, 0) is 57.8 Å². The van der Waals surface area contributed by atoms with Crippen LogP contribution in [0.5, 0.6) is 0 Å². The number of benzene rings is 1. The summed E-state index contributed by atoms with van der Waals surface area (Å²) < 4.78 is 3.10. The zero-order valence-electron chi connectivity index (χ0n) is 9.85. The van der Waals surface area contributed by atoms with E-state index in [0.29, 0.717) is 0 Å². The number of halogens is 3. The highest BCUT2D eigenvalue weighted by Crippen LogP contribution is 2.35. The Hall–Kier alpha value is 0.0900. The van der Waals surface area contributed by atoms with Gasteiger partial charge in [-0.1, -0.05) is 15.9 Å². The number of hydrogen-bond acceptors (Lipinski definition) is 3. The molecule has 0 amide bonds. The molecule has 2 nitrogen and oxygen atoms in total. The lowest BCUT2D eigenvalue weighted by Crippen LogP contribution is -2.00. The van der Waals surface area contributed by atoms with Gasteiger partial charge in [0.25, 0.3) is 0 Å². The Morgan fingerprint density at radius 3 is 2.28 bits per heavy atom. The van der Waals surface area contributed by atoms with E-state index >= 15 is 0 Å². The highest BCUT2D eigenvalue weighted by Gasteiger charge is 2.09. The lowest BCUT2D eigenvalue weighted by molar-refractivity contribution is 1.10. The first-order valence-corrected chi connectivity index (χ1v) is 8.48. The third-order valence-corrected chi connectivity index (χ3v) is 5.21. The molecule has 1 aromatic carbocycles. The molecule has 0 aliphatic rings. The molecule has 2 aromatic rings. The average molecular weight is 455 g/mol. The molecular weight excluding hydrogens is 444 g/mol. The van der Waals surface area contributed by atoms with Gasteiger partial charge in [0.2, 0.25) is 0 Å². The molecule has 1 aromatic heterocycles. The molecular formula is C12H11Br3N2S. The minimum absolute atomic E-state index is 0.788. The van der Waals surface area contributed by atoms with Crippen molar-refractivity contribution in [2.24, 2.45) is 0 Å². The number of anilines is 1. The van der Waals surface area contributed by atoms with E-state index in [1.807, 2.05) is 26.0 Å². The molecule has 0 saturated heterocycles. The lowest BCUT2D eigenvalue weighted by Gasteiger charge is -2.10. The summed E-state index contributed by atoms with van der Waals surface area (Å²) >= 11 is 12.3. The van der Waals surface area contributed by atoms with Gasteiger partial charge in [0, 0.05) is 18.3 Å². The van der Waals surface area contributed by atoms with Crippen molar-refractivity contribution in [1.82, 2.24) is 4.98 Å². The van der Waals surface area contributed by atoms with E-state index in [4.69, 9.17) is 0 Å². The van der Waals surface area contributed by atoms with Gasteiger partial charge in [-0.15, -0.1) is 11.3 Å². The van der Waals surface area contributed by atoms with Gasteiger partial charge >= 0.3 is 0 Å². The molecule has 96 valence electrons. The summed E-state index contributed by atoms with van der Waals surface area (Å²) in [6.07, 6.45) is 0. The maximum Gasteiger partial charge on any atom is 0.0900 e. The van der Waals surface area contributed by atoms with Crippen LogP contribution >= 0.6 is 59.1 Å². The van der Waals surface area contributed by atoms with E-state index < -0.39 is 0 Å². The Balaban J connectivity index is 2.18. The fourth-order valence-corrected chi connectivity index (χ4v) is 5.03. The summed E-state index contributed by atoms with van der Waals surface area (Å²) in [4.78, 5) is 5.70. The van der Waals surface area contributed by atoms with Crippen LogP contribution in [0.4, 0.5) is 5.69 Å². The zero-order chi connectivity index (χ0) is 13.3. The third kappa shape index (κ3) is 3.35. The van der Waals surface area contributed by atoms with Gasteiger partial charge in [-0.2, -0.15) is 0 Å². The number of hydrogen-bond donors (Lipinski definition) is 1. The molecule has 0 spiro atoms. The first-order chi connectivity index (χ1) is 8.47. The zero-order valence-corrected chi connectivity index (χ0v) is 15.4. The molecule has 1 heterocycles. The van der Waals surface area contributed by atoms with Gasteiger partial charge in [0.1, 0.15) is 0 Å². The highest BCUT2D eigenvalue weighted by molar-refractivity contribution is 9.11. The molecule has 0 bridgehead atoms. The first-order valence-electron chi connectivity index (χ1n) is 5.28. The predicted molar refractivity (Wildman–Crippen MR) is 88.5 cm³/mol. The number of aryl methyl sites for hydroxylation is 2. The second kappa shape index (κ2) is 6.03. The Labute approximate surface area is 136 Å². The minimum atomic E-state index is 0.788. The van der Waals surface area contributed by atoms with Crippen LogP contribution in [0, 0.1) is 13.8 Å². The van der Waals surface area contributed by atoms with Gasteiger partial charge < -0.3 is 5.32 Å². The van der Waals surface area contributed by atoms with Crippen LogP contribution in [-0.4, -0.2) is 4.98 Å². The van der Waals surface area contributed by atoms with E-state index in [-0.39, 0.29) is 0 Å². The van der Waals surface area contributed by atoms with Crippen molar-refractivity contribution in [3.63, 3.8) is 0 Å². The van der Waals surface area contributed by atoms with Crippen molar-refractivity contribution in [2.75, 3.05) is 5.32 Å². The van der Waals surface area contributed by atoms with Crippen LogP contribution in [0.25, 0.3) is 0 Å². The topological polar surface area (TPSA) is 24.9 Å². The van der Waals surface area contributed by atoms with Crippen LogP contribution in [-0.2, 0) is 6.54 Å². The standard InChI is InChI=1S/C12H11Br3N2S/c1-6-11(18-7(2)17-6)5-16-12-9(14)3-8(13)4-10(12)15/h3-4,16H,5H2,1-2H3. The van der Waals surface area contributed by atoms with E-state index in [0.717, 1.165) is 36.4 Å². The monoisotopic (exact) mass is 452 g/mol. The molecule has 18 heavy (non-hydrogen) atoms. The molecule has 0 atom stereocenters. The van der Waals surface area contributed by atoms with Gasteiger partial charge in [0.15, 0.2) is 0 Å². The fourth-order valence-electron chi connectivity index (χ4n) is 1.62. The van der Waals surface area contributed by atoms with Gasteiger partial charge in [-0.25, -0.2) is 4.98 Å². The molecule has 0 fully saturated rings. The van der Waals surface area contributed by atoms with Crippen LogP contribution in [0.2, 0.25) is 0 Å². The van der Waals surface area contributed by atoms with Crippen molar-refractivity contribution in [3.8, 4) is 0 Å². The molecule has 0 aliphatic heterocycles. The normalized spacial score (nSPS) is 10.7. The summed E-state index contributed by atoms with van der Waals surface area (Å²) in [5.74, 6) is 0. The molecule has 0 unspecified atom stereocenters. The quantitative estimate of drug-likeness (QED) is 0.647. The predicted octanol–water partition coefficient (Wildman–Crippen LogP) is 5.66. The van der Waals surface area contributed by atoms with Crippen LogP contribution in [0.1, 0.15) is 15.6 Å². The van der Waals surface area contributed by atoms with Crippen molar-refractivity contribution in [3.05, 3.63) is 41.1 Å². The highest BCUT2D eigenvalue weighted by atomic mass is 79.9. The Kier molecular flexibility index (Phi) is 4.86. The second-order valence-electron chi connectivity index (χ2n) is 3.84. The Bertz CT molecular complexity index is 558. The van der Waals surface area contributed by atoms with Crippen molar-refractivity contribution >= 4 is 64.8 Å². The van der Waals surface area contributed by atoms with E-state index in [2.05, 4.69) is 58.1 Å². The average Bonchev–Trinajstić information content (AvgIpc) is 2.55. The van der Waals surface area contributed by atoms with Crippen molar-refractivity contribution in [2.45, 2.75) is 20.4 Å². The number of aromatic nitrogens is 1. The first kappa shape index (κ1) is 14.5. The number of rotatable bonds is 3. The van der Waals surface area contributed by atoms with Crippen molar-refractivity contribution < 1.29 is 0 Å². The van der Waals surface area contributed by atoms with E-state index in [1.165, 1.54) is 4.88 Å². The van der Waals surface area contributed by atoms with Crippen LogP contribution in [0.3, 0.4) is 0 Å². The molecule has 0 saturated carbocycles. The summed E-state index contributed by atoms with van der Waals surface area (Å²) in [6, 6.07) is 4.05. The smallest absolute Gasteiger partial charge is 0.0900 e. The Morgan fingerprint density at radius 2 is 1.78 bits per heavy atom. The summed E-state index contributed by atoms with van der Waals surface area (Å²) in [6.45, 7) is 4.87. The van der Waals surface area contributed by atoms with Crippen LogP contribution < -0.4 is 5.32 Å². The fraction of sp³-hybridized carbons (Fsp3) is 0.250. The van der Waals surface area contributed by atoms with E-state index in [1.54, 1.807) is 11.3 Å². The molecule has 1 N–H and O–H groups in total. The maximum atomic E-state index is 4.43. The molecule has 0 aliphatic carbocycles. The maximum absolute atomic E-state index is 4.43. The third-order valence-electron chi connectivity index (χ3n) is 2.43. The molecule has 2 rings (SSSR count). The lowest BCUT2D eigenvalue weighted by atomic mass is 10.3. The summed E-state index contributed by atoms with van der Waals surface area (Å²) in [5.41, 5.74) is 2.16. The van der Waals surface area contributed by atoms with Gasteiger partial charge in [0.05, 0.1) is 22.9 Å². The summed E-state index contributed by atoms with van der Waals surface area (Å²) in [7, 11) is 0. The van der Waals surface area contributed by atoms with Gasteiger partial charge in [-0.3, -0.25) is 0 Å². The van der Waals surface area contributed by atoms with E-state index in [9.17, 15) is 0 Å². The number of nitrogens with zero attached hydrogens (tertiary/aromatic N) is 1.